The third-order valence-corrected chi connectivity index (χ3v) is 15.3. The molecule has 472 valence electrons. The molecule has 0 aliphatic heterocycles. The molecule has 0 rings (SSSR count). The van der Waals surface area contributed by atoms with E-state index in [2.05, 4.69) is 118 Å². The van der Waals surface area contributed by atoms with Crippen LogP contribution in [0.5, 0.6) is 0 Å². The largest absolute Gasteiger partial charge is 0.462 e. The molecular weight excluding hydrogens is 1010 g/mol. The minimum atomic E-state index is -0.803. The van der Waals surface area contributed by atoms with Crippen LogP contribution in [0.3, 0.4) is 0 Å². The van der Waals surface area contributed by atoms with Gasteiger partial charge in [-0.1, -0.05) is 330 Å². The lowest BCUT2D eigenvalue weighted by Crippen LogP contribution is -2.30. The number of esters is 3. The van der Waals surface area contributed by atoms with E-state index in [-0.39, 0.29) is 37.5 Å². The Labute approximate surface area is 508 Å². The molecule has 0 saturated heterocycles. The minimum absolute atomic E-state index is 0.0926. The van der Waals surface area contributed by atoms with Gasteiger partial charge in [0.2, 0.25) is 0 Å². The zero-order chi connectivity index (χ0) is 59.2. The van der Waals surface area contributed by atoms with E-state index >= 15 is 0 Å². The fourth-order valence-electron chi connectivity index (χ4n) is 10.1. The van der Waals surface area contributed by atoms with Gasteiger partial charge in [-0.3, -0.25) is 14.4 Å². The lowest BCUT2D eigenvalue weighted by atomic mass is 10.0. The first-order valence-electron chi connectivity index (χ1n) is 35.2. The van der Waals surface area contributed by atoms with E-state index in [9.17, 15) is 14.4 Å². The van der Waals surface area contributed by atoms with Gasteiger partial charge in [-0.2, -0.15) is 0 Å². The van der Waals surface area contributed by atoms with Crippen molar-refractivity contribution in [2.24, 2.45) is 0 Å². The summed E-state index contributed by atoms with van der Waals surface area (Å²) in [6.07, 6.45) is 94.3. The Hall–Kier alpha value is -3.67. The number of hydrogen-bond donors (Lipinski definition) is 0. The van der Waals surface area contributed by atoms with Crippen LogP contribution < -0.4 is 0 Å². The molecule has 0 amide bonds. The van der Waals surface area contributed by atoms with Crippen molar-refractivity contribution in [3.8, 4) is 0 Å². The summed E-state index contributed by atoms with van der Waals surface area (Å²) in [7, 11) is 0. The molecule has 0 aliphatic carbocycles. The molecule has 0 aliphatic rings. The first-order chi connectivity index (χ1) is 40.5. The first kappa shape index (κ1) is 78.3. The van der Waals surface area contributed by atoms with Gasteiger partial charge >= 0.3 is 17.9 Å². The smallest absolute Gasteiger partial charge is 0.306 e. The number of rotatable bonds is 64. The molecule has 82 heavy (non-hydrogen) atoms. The second kappa shape index (κ2) is 69.8. The maximum atomic E-state index is 13.0. The van der Waals surface area contributed by atoms with Crippen LogP contribution >= 0.6 is 0 Å². The van der Waals surface area contributed by atoms with Crippen molar-refractivity contribution in [3.63, 3.8) is 0 Å². The second-order valence-electron chi connectivity index (χ2n) is 23.4. The number of unbranched alkanes of at least 4 members (excludes halogenated alkanes) is 37. The maximum Gasteiger partial charge on any atom is 0.306 e. The molecule has 0 saturated carbocycles. The summed E-state index contributed by atoms with van der Waals surface area (Å²) in [4.78, 5) is 38.5. The highest BCUT2D eigenvalue weighted by atomic mass is 16.6. The molecule has 0 radical (unpaired) electrons. The van der Waals surface area contributed by atoms with Gasteiger partial charge in [0.1, 0.15) is 13.2 Å². The standard InChI is InChI=1S/C76H132O6/c1-4-7-10-13-16-19-22-25-28-31-34-36-38-40-42-45-48-51-54-57-60-63-66-69-75(78)81-72-73(71-80-74(77)68-65-62-59-56-53-50-47-44-33-30-27-24-21-18-15-12-9-6-3)82-76(79)70-67-64-61-58-55-52-49-46-43-41-39-37-35-32-29-26-23-20-17-14-11-8-5-2/h7,10,16,19,25,28,32,34-36,40,42,48,51,57,60,73H,4-6,8-9,11-15,17-18,20-24,26-27,29-31,33,37-39,41,43-47,49-50,52-56,58-59,61-72H2,1-3H3/b10-7-,19-16-,28-25-,35-32-,36-34-,42-40-,51-48-,60-57-. The van der Waals surface area contributed by atoms with Gasteiger partial charge < -0.3 is 14.2 Å². The normalized spacial score (nSPS) is 12.7. The summed E-state index contributed by atoms with van der Waals surface area (Å²) >= 11 is 0. The van der Waals surface area contributed by atoms with Crippen LogP contribution in [0.25, 0.3) is 0 Å². The number of carbonyl (C=O) groups excluding carboxylic acids is 3. The molecule has 0 heterocycles. The molecule has 0 N–H and O–H groups in total. The summed E-state index contributed by atoms with van der Waals surface area (Å²) < 4.78 is 17.0. The van der Waals surface area contributed by atoms with Gasteiger partial charge in [0.05, 0.1) is 0 Å². The average Bonchev–Trinajstić information content (AvgIpc) is 3.47. The van der Waals surface area contributed by atoms with Crippen LogP contribution in [-0.2, 0) is 28.6 Å². The maximum absolute atomic E-state index is 13.0. The van der Waals surface area contributed by atoms with Crippen LogP contribution in [0.2, 0.25) is 0 Å². The second-order valence-corrected chi connectivity index (χ2v) is 23.4. The Balaban J connectivity index is 4.44. The Bertz CT molecular complexity index is 1590. The SMILES string of the molecule is CC/C=C\C/C=C\C/C=C\C/C=C\C/C=C\C/C=C\C/C=C\CCCC(=O)OCC(COC(=O)CCCCCCCCCCCCCCCCCCCC)OC(=O)CCCCCCCCCCCCC/C=C\CCCCCCCCCC. The lowest BCUT2D eigenvalue weighted by Gasteiger charge is -2.18. The van der Waals surface area contributed by atoms with Gasteiger partial charge in [0.15, 0.2) is 6.10 Å². The van der Waals surface area contributed by atoms with Crippen LogP contribution in [0, 0.1) is 0 Å². The highest BCUT2D eigenvalue weighted by Gasteiger charge is 2.19. The van der Waals surface area contributed by atoms with Crippen LogP contribution in [-0.4, -0.2) is 37.2 Å². The Morgan fingerprint density at radius 2 is 0.488 bits per heavy atom. The molecule has 6 nitrogen and oxygen atoms in total. The molecule has 1 atom stereocenters. The summed E-state index contributed by atoms with van der Waals surface area (Å²) in [5, 5.41) is 0. The number of allylic oxidation sites excluding steroid dienone is 16. The zero-order valence-electron chi connectivity index (χ0n) is 54.2. The predicted octanol–water partition coefficient (Wildman–Crippen LogP) is 24.4. The zero-order valence-corrected chi connectivity index (χ0v) is 54.2. The first-order valence-corrected chi connectivity index (χ1v) is 35.2. The third-order valence-electron chi connectivity index (χ3n) is 15.3. The number of hydrogen-bond acceptors (Lipinski definition) is 6. The van der Waals surface area contributed by atoms with E-state index in [4.69, 9.17) is 14.2 Å². The molecule has 0 aromatic rings. The molecule has 0 aromatic heterocycles. The molecule has 6 heteroatoms. The predicted molar refractivity (Wildman–Crippen MR) is 357 cm³/mol. The van der Waals surface area contributed by atoms with E-state index in [0.29, 0.717) is 19.3 Å². The van der Waals surface area contributed by atoms with E-state index in [1.165, 1.54) is 212 Å². The van der Waals surface area contributed by atoms with Gasteiger partial charge in [0.25, 0.3) is 0 Å². The van der Waals surface area contributed by atoms with Crippen molar-refractivity contribution in [1.82, 2.24) is 0 Å². The lowest BCUT2D eigenvalue weighted by molar-refractivity contribution is -0.167. The summed E-state index contributed by atoms with van der Waals surface area (Å²) in [6, 6.07) is 0. The van der Waals surface area contributed by atoms with Gasteiger partial charge in [-0.25, -0.2) is 0 Å². The number of carbonyl (C=O) groups is 3. The van der Waals surface area contributed by atoms with Gasteiger partial charge in [-0.05, 0) is 96.3 Å². The van der Waals surface area contributed by atoms with Gasteiger partial charge in [0, 0.05) is 19.3 Å². The fraction of sp³-hybridized carbons (Fsp3) is 0.750. The highest BCUT2D eigenvalue weighted by molar-refractivity contribution is 5.71. The molecule has 0 bridgehead atoms. The van der Waals surface area contributed by atoms with Crippen molar-refractivity contribution in [1.29, 1.82) is 0 Å². The van der Waals surface area contributed by atoms with Gasteiger partial charge in [-0.15, -0.1) is 0 Å². The van der Waals surface area contributed by atoms with Crippen molar-refractivity contribution in [3.05, 3.63) is 97.2 Å². The summed E-state index contributed by atoms with van der Waals surface area (Å²) in [5.41, 5.74) is 0. The number of ether oxygens (including phenoxy) is 3. The Morgan fingerprint density at radius 1 is 0.256 bits per heavy atom. The van der Waals surface area contributed by atoms with E-state index in [1.807, 2.05) is 0 Å². The Kier molecular flexibility index (Phi) is 66.7. The third kappa shape index (κ3) is 67.1. The summed E-state index contributed by atoms with van der Waals surface area (Å²) in [6.45, 7) is 6.53. The topological polar surface area (TPSA) is 78.9 Å². The van der Waals surface area contributed by atoms with Crippen molar-refractivity contribution in [2.75, 3.05) is 13.2 Å². The molecule has 1 unspecified atom stereocenters. The average molecular weight is 1140 g/mol. The van der Waals surface area contributed by atoms with Crippen LogP contribution in [0.1, 0.15) is 348 Å². The Morgan fingerprint density at radius 3 is 0.805 bits per heavy atom. The quantitative estimate of drug-likeness (QED) is 0.0261. The monoisotopic (exact) mass is 1140 g/mol. The van der Waals surface area contributed by atoms with E-state index < -0.39 is 6.10 Å². The molecule has 0 spiro atoms. The van der Waals surface area contributed by atoms with Crippen LogP contribution in [0.4, 0.5) is 0 Å². The van der Waals surface area contributed by atoms with E-state index in [1.54, 1.807) is 0 Å². The summed E-state index contributed by atoms with van der Waals surface area (Å²) in [5.74, 6) is -0.938. The van der Waals surface area contributed by atoms with Crippen molar-refractivity contribution >= 4 is 17.9 Å². The molecule has 0 fully saturated rings. The highest BCUT2D eigenvalue weighted by Crippen LogP contribution is 2.17. The van der Waals surface area contributed by atoms with Crippen molar-refractivity contribution in [2.45, 2.75) is 354 Å². The van der Waals surface area contributed by atoms with Crippen molar-refractivity contribution < 1.29 is 28.6 Å². The molecular formula is C76H132O6. The van der Waals surface area contributed by atoms with Crippen LogP contribution in [0.15, 0.2) is 97.2 Å². The fourth-order valence-corrected chi connectivity index (χ4v) is 10.1. The van der Waals surface area contributed by atoms with E-state index in [0.717, 1.165) is 89.9 Å². The molecule has 0 aromatic carbocycles. The minimum Gasteiger partial charge on any atom is -0.462 e.